The first-order chi connectivity index (χ1) is 13.7. The number of benzene rings is 2. The fraction of sp³-hybridized carbons (Fsp3) is 0.381. The van der Waals surface area contributed by atoms with E-state index in [9.17, 15) is 0 Å². The maximum Gasteiger partial charge on any atom is 0.231 e. The molecule has 0 aliphatic carbocycles. The number of para-hydroxylation sites is 2. The molecule has 0 bridgehead atoms. The Morgan fingerprint density at radius 3 is 2.68 bits per heavy atom. The standard InChI is InChI=1S/C21H25N3O3S/c1-2-25-18-6-4-3-5-17(18)22-21(28)24-11-9-23(10-12-24)14-16-7-8-19-20(13-16)27-15-26-19/h3-8,13H,2,9-12,14-15H2,1H3,(H,22,28). The molecule has 2 aromatic carbocycles. The van der Waals surface area contributed by atoms with E-state index in [1.807, 2.05) is 37.3 Å². The number of piperazine rings is 1. The van der Waals surface area contributed by atoms with E-state index in [-0.39, 0.29) is 0 Å². The molecule has 0 amide bonds. The molecule has 1 fully saturated rings. The highest BCUT2D eigenvalue weighted by molar-refractivity contribution is 7.80. The molecule has 0 spiro atoms. The zero-order valence-electron chi connectivity index (χ0n) is 16.0. The highest BCUT2D eigenvalue weighted by Gasteiger charge is 2.21. The van der Waals surface area contributed by atoms with Crippen LogP contribution in [0.1, 0.15) is 12.5 Å². The lowest BCUT2D eigenvalue weighted by molar-refractivity contribution is 0.173. The predicted octanol–water partition coefficient (Wildman–Crippen LogP) is 3.33. The third kappa shape index (κ3) is 4.31. The van der Waals surface area contributed by atoms with Crippen molar-refractivity contribution < 1.29 is 14.2 Å². The minimum atomic E-state index is 0.314. The number of ether oxygens (including phenoxy) is 3. The van der Waals surface area contributed by atoms with Gasteiger partial charge in [0.1, 0.15) is 5.75 Å². The molecule has 2 heterocycles. The summed E-state index contributed by atoms with van der Waals surface area (Å²) in [6, 6.07) is 14.1. The summed E-state index contributed by atoms with van der Waals surface area (Å²) in [5, 5.41) is 4.09. The van der Waals surface area contributed by atoms with Crippen molar-refractivity contribution in [2.75, 3.05) is 44.9 Å². The van der Waals surface area contributed by atoms with Gasteiger partial charge in [0.15, 0.2) is 16.6 Å². The Kier molecular flexibility index (Phi) is 5.83. The smallest absolute Gasteiger partial charge is 0.231 e. The van der Waals surface area contributed by atoms with Crippen LogP contribution in [0.5, 0.6) is 17.2 Å². The van der Waals surface area contributed by atoms with E-state index in [2.05, 4.69) is 27.2 Å². The van der Waals surface area contributed by atoms with Crippen LogP contribution in [0.25, 0.3) is 0 Å². The van der Waals surface area contributed by atoms with Gasteiger partial charge in [0.05, 0.1) is 12.3 Å². The van der Waals surface area contributed by atoms with Gasteiger partial charge in [-0.15, -0.1) is 0 Å². The quantitative estimate of drug-likeness (QED) is 0.774. The highest BCUT2D eigenvalue weighted by Crippen LogP contribution is 2.33. The van der Waals surface area contributed by atoms with Crippen LogP contribution < -0.4 is 19.5 Å². The van der Waals surface area contributed by atoms with E-state index < -0.39 is 0 Å². The summed E-state index contributed by atoms with van der Waals surface area (Å²) in [6.07, 6.45) is 0. The average Bonchev–Trinajstić information content (AvgIpc) is 3.18. The zero-order valence-corrected chi connectivity index (χ0v) is 16.8. The van der Waals surface area contributed by atoms with Crippen LogP contribution in [0.15, 0.2) is 42.5 Å². The first-order valence-corrected chi connectivity index (χ1v) is 10.0. The molecule has 0 unspecified atom stereocenters. The molecule has 2 aliphatic rings. The molecule has 0 aromatic heterocycles. The van der Waals surface area contributed by atoms with Crippen LogP contribution >= 0.6 is 12.2 Å². The average molecular weight is 400 g/mol. The summed E-state index contributed by atoms with van der Waals surface area (Å²) in [5.74, 6) is 2.50. The second-order valence-corrected chi connectivity index (χ2v) is 7.20. The van der Waals surface area contributed by atoms with E-state index in [0.717, 1.165) is 60.8 Å². The predicted molar refractivity (Wildman–Crippen MR) is 113 cm³/mol. The molecule has 0 atom stereocenters. The maximum absolute atomic E-state index is 5.67. The van der Waals surface area contributed by atoms with Gasteiger partial charge >= 0.3 is 0 Å². The first-order valence-electron chi connectivity index (χ1n) is 9.61. The SMILES string of the molecule is CCOc1ccccc1NC(=S)N1CCN(Cc2ccc3c(c2)OCO3)CC1. The molecule has 6 nitrogen and oxygen atoms in total. The number of fused-ring (bicyclic) bond motifs is 1. The van der Waals surface area contributed by atoms with Crippen molar-refractivity contribution in [3.8, 4) is 17.2 Å². The molecule has 0 saturated carbocycles. The summed E-state index contributed by atoms with van der Waals surface area (Å²) in [6.45, 7) is 7.54. The first kappa shape index (κ1) is 18.8. The number of nitrogens with zero attached hydrogens (tertiary/aromatic N) is 2. The van der Waals surface area contributed by atoms with Gasteiger partial charge in [0.25, 0.3) is 0 Å². The molecule has 1 saturated heterocycles. The third-order valence-corrected chi connectivity index (χ3v) is 5.29. The molecule has 28 heavy (non-hydrogen) atoms. The van der Waals surface area contributed by atoms with Crippen molar-refractivity contribution >= 4 is 23.0 Å². The van der Waals surface area contributed by atoms with Crippen LogP contribution in [0.3, 0.4) is 0 Å². The number of hydrogen-bond donors (Lipinski definition) is 1. The summed E-state index contributed by atoms with van der Waals surface area (Å²) >= 11 is 5.63. The van der Waals surface area contributed by atoms with E-state index in [4.69, 9.17) is 26.4 Å². The molecule has 4 rings (SSSR count). The van der Waals surface area contributed by atoms with Gasteiger partial charge in [0.2, 0.25) is 6.79 Å². The fourth-order valence-electron chi connectivity index (χ4n) is 3.45. The van der Waals surface area contributed by atoms with Crippen molar-refractivity contribution in [1.82, 2.24) is 9.80 Å². The van der Waals surface area contributed by atoms with Crippen LogP contribution in [-0.2, 0) is 6.54 Å². The van der Waals surface area contributed by atoms with Crippen LogP contribution in [0.4, 0.5) is 5.69 Å². The van der Waals surface area contributed by atoms with Crippen LogP contribution in [0.2, 0.25) is 0 Å². The Morgan fingerprint density at radius 1 is 1.07 bits per heavy atom. The Balaban J connectivity index is 1.30. The van der Waals surface area contributed by atoms with Gasteiger partial charge in [-0.25, -0.2) is 0 Å². The number of thiocarbonyl (C=S) groups is 1. The topological polar surface area (TPSA) is 46.2 Å². The van der Waals surface area contributed by atoms with Gasteiger partial charge in [-0.3, -0.25) is 4.90 Å². The van der Waals surface area contributed by atoms with Gasteiger partial charge < -0.3 is 24.4 Å². The van der Waals surface area contributed by atoms with Gasteiger partial charge in [-0.1, -0.05) is 18.2 Å². The van der Waals surface area contributed by atoms with Gasteiger partial charge in [0, 0.05) is 32.7 Å². The number of rotatable bonds is 5. The normalized spacial score (nSPS) is 16.1. The van der Waals surface area contributed by atoms with Crippen LogP contribution in [0, 0.1) is 0 Å². The van der Waals surface area contributed by atoms with Crippen molar-refractivity contribution in [3.63, 3.8) is 0 Å². The van der Waals surface area contributed by atoms with Crippen molar-refractivity contribution in [3.05, 3.63) is 48.0 Å². The monoisotopic (exact) mass is 399 g/mol. The molecule has 148 valence electrons. The second-order valence-electron chi connectivity index (χ2n) is 6.81. The summed E-state index contributed by atoms with van der Waals surface area (Å²) in [5.41, 5.74) is 2.15. The highest BCUT2D eigenvalue weighted by atomic mass is 32.1. The molecule has 2 aromatic rings. The van der Waals surface area contributed by atoms with Crippen LogP contribution in [-0.4, -0.2) is 54.5 Å². The largest absolute Gasteiger partial charge is 0.492 e. The fourth-order valence-corrected chi connectivity index (χ4v) is 3.74. The van der Waals surface area contributed by atoms with E-state index in [0.29, 0.717) is 13.4 Å². The number of hydrogen-bond acceptors (Lipinski definition) is 5. The summed E-state index contributed by atoms with van der Waals surface area (Å²) < 4.78 is 16.5. The van der Waals surface area contributed by atoms with Gasteiger partial charge in [-0.2, -0.15) is 0 Å². The number of nitrogens with one attached hydrogen (secondary N) is 1. The molecule has 0 radical (unpaired) electrons. The molecule has 2 aliphatic heterocycles. The summed E-state index contributed by atoms with van der Waals surface area (Å²) in [4.78, 5) is 4.65. The van der Waals surface area contributed by atoms with Crippen molar-refractivity contribution in [2.24, 2.45) is 0 Å². The zero-order chi connectivity index (χ0) is 19.3. The Hall–Kier alpha value is -2.51. The lowest BCUT2D eigenvalue weighted by atomic mass is 10.1. The van der Waals surface area contributed by atoms with E-state index >= 15 is 0 Å². The second kappa shape index (κ2) is 8.67. The molecule has 1 N–H and O–H groups in total. The molecular formula is C21H25N3O3S. The lowest BCUT2D eigenvalue weighted by Crippen LogP contribution is -2.49. The van der Waals surface area contributed by atoms with E-state index in [1.165, 1.54) is 5.56 Å². The summed E-state index contributed by atoms with van der Waals surface area (Å²) in [7, 11) is 0. The third-order valence-electron chi connectivity index (χ3n) is 4.93. The van der Waals surface area contributed by atoms with E-state index in [1.54, 1.807) is 0 Å². The minimum Gasteiger partial charge on any atom is -0.492 e. The Labute approximate surface area is 171 Å². The lowest BCUT2D eigenvalue weighted by Gasteiger charge is -2.36. The maximum atomic E-state index is 5.67. The molecule has 7 heteroatoms. The Bertz CT molecular complexity index is 837. The molecular weight excluding hydrogens is 374 g/mol. The Morgan fingerprint density at radius 2 is 1.86 bits per heavy atom. The van der Waals surface area contributed by atoms with Gasteiger partial charge in [-0.05, 0) is 49.0 Å². The van der Waals surface area contributed by atoms with Crippen molar-refractivity contribution in [2.45, 2.75) is 13.5 Å². The number of anilines is 1. The minimum absolute atomic E-state index is 0.314. The van der Waals surface area contributed by atoms with Crippen molar-refractivity contribution in [1.29, 1.82) is 0 Å².